The Bertz CT molecular complexity index is 2540. The Labute approximate surface area is 286 Å². The quantitative estimate of drug-likeness (QED) is 0.193. The summed E-state index contributed by atoms with van der Waals surface area (Å²) in [6, 6.07) is 67.8. The van der Waals surface area contributed by atoms with Gasteiger partial charge in [0.1, 0.15) is 11.5 Å². The zero-order valence-electron chi connectivity index (χ0n) is 26.8. The Morgan fingerprint density at radius 3 is 1.92 bits per heavy atom. The number of hydrogen-bond donors (Lipinski definition) is 0. The van der Waals surface area contributed by atoms with Gasteiger partial charge < -0.3 is 9.64 Å². The molecule has 1 atom stereocenters. The van der Waals surface area contributed by atoms with Crippen LogP contribution in [0.4, 0.5) is 17.1 Å². The Hall–Kier alpha value is -6.38. The van der Waals surface area contributed by atoms with Crippen LogP contribution in [-0.4, -0.2) is 0 Å². The lowest BCUT2D eigenvalue weighted by Gasteiger charge is -2.40. The molecule has 2 aliphatic rings. The number of benzene rings is 8. The van der Waals surface area contributed by atoms with E-state index in [-0.39, 0.29) is 0 Å². The molecule has 2 nitrogen and oxygen atoms in total. The minimum atomic E-state index is -0.582. The van der Waals surface area contributed by atoms with E-state index in [1.807, 2.05) is 0 Å². The van der Waals surface area contributed by atoms with E-state index in [0.717, 1.165) is 28.6 Å². The molecule has 49 heavy (non-hydrogen) atoms. The van der Waals surface area contributed by atoms with Crippen LogP contribution in [0.15, 0.2) is 188 Å². The van der Waals surface area contributed by atoms with Gasteiger partial charge in [0.25, 0.3) is 0 Å². The third-order valence-electron chi connectivity index (χ3n) is 10.3. The molecule has 0 saturated heterocycles. The smallest absolute Gasteiger partial charge is 0.132 e. The minimum Gasteiger partial charge on any atom is -0.457 e. The Morgan fingerprint density at radius 2 is 1.04 bits per heavy atom. The molecule has 230 valence electrons. The van der Waals surface area contributed by atoms with E-state index in [1.54, 1.807) is 0 Å². The fourth-order valence-corrected chi connectivity index (χ4v) is 8.29. The lowest BCUT2D eigenvalue weighted by Crippen LogP contribution is -2.32. The van der Waals surface area contributed by atoms with Crippen molar-refractivity contribution in [2.45, 2.75) is 5.41 Å². The summed E-state index contributed by atoms with van der Waals surface area (Å²) in [4.78, 5) is 2.39. The number of nitrogens with zero attached hydrogens (tertiary/aromatic N) is 1. The molecule has 8 aromatic rings. The van der Waals surface area contributed by atoms with Gasteiger partial charge in [-0.05, 0) is 92.7 Å². The van der Waals surface area contributed by atoms with Gasteiger partial charge in [-0.2, -0.15) is 0 Å². The first-order valence-corrected chi connectivity index (χ1v) is 16.9. The maximum atomic E-state index is 6.76. The molecule has 0 bridgehead atoms. The maximum Gasteiger partial charge on any atom is 0.132 e. The second-order valence-corrected chi connectivity index (χ2v) is 12.9. The topological polar surface area (TPSA) is 12.5 Å². The summed E-state index contributed by atoms with van der Waals surface area (Å²) in [5.74, 6) is 1.80. The van der Waals surface area contributed by atoms with Gasteiger partial charge in [0.05, 0.1) is 5.41 Å². The molecular weight excluding hydrogens is 595 g/mol. The number of anilines is 3. The van der Waals surface area contributed by atoms with E-state index in [4.69, 9.17) is 4.74 Å². The van der Waals surface area contributed by atoms with Crippen molar-refractivity contribution in [1.29, 1.82) is 0 Å². The highest BCUT2D eigenvalue weighted by Crippen LogP contribution is 2.63. The number of hydrogen-bond acceptors (Lipinski definition) is 2. The predicted octanol–water partition coefficient (Wildman–Crippen LogP) is 12.4. The SMILES string of the molecule is c1ccc(-c2cccc(N(c3ccccc3)c3ccc4c(c3)C3(c5ccccc5Oc5ccc6ccccc6c53)c3ccccc3-4)c2)cc1. The summed E-state index contributed by atoms with van der Waals surface area (Å²) >= 11 is 0. The fourth-order valence-electron chi connectivity index (χ4n) is 8.29. The molecule has 1 aliphatic heterocycles. The first-order chi connectivity index (χ1) is 24.3. The van der Waals surface area contributed by atoms with Crippen molar-refractivity contribution >= 4 is 27.8 Å². The van der Waals surface area contributed by atoms with Crippen LogP contribution in [0.1, 0.15) is 22.3 Å². The summed E-state index contributed by atoms with van der Waals surface area (Å²) in [7, 11) is 0. The number of para-hydroxylation sites is 2. The van der Waals surface area contributed by atoms with Crippen LogP contribution in [0.3, 0.4) is 0 Å². The molecule has 0 amide bonds. The first-order valence-electron chi connectivity index (χ1n) is 16.9. The van der Waals surface area contributed by atoms with Gasteiger partial charge in [-0.25, -0.2) is 0 Å². The first kappa shape index (κ1) is 27.7. The molecular formula is C47H31NO. The molecule has 0 saturated carbocycles. The molecule has 2 heteroatoms. The van der Waals surface area contributed by atoms with Gasteiger partial charge in [-0.3, -0.25) is 0 Å². The maximum absolute atomic E-state index is 6.76. The van der Waals surface area contributed by atoms with Crippen LogP contribution in [0.25, 0.3) is 33.0 Å². The molecule has 1 heterocycles. The van der Waals surface area contributed by atoms with Crippen LogP contribution in [-0.2, 0) is 5.41 Å². The van der Waals surface area contributed by atoms with Crippen LogP contribution in [0.5, 0.6) is 11.5 Å². The highest BCUT2D eigenvalue weighted by Gasteiger charge is 2.52. The van der Waals surface area contributed by atoms with Crippen molar-refractivity contribution in [3.63, 3.8) is 0 Å². The Morgan fingerprint density at radius 1 is 0.388 bits per heavy atom. The van der Waals surface area contributed by atoms with E-state index in [2.05, 4.69) is 193 Å². The Balaban J connectivity index is 1.28. The number of rotatable bonds is 4. The van der Waals surface area contributed by atoms with Crippen molar-refractivity contribution in [1.82, 2.24) is 0 Å². The monoisotopic (exact) mass is 625 g/mol. The second-order valence-electron chi connectivity index (χ2n) is 12.9. The molecule has 10 rings (SSSR count). The van der Waals surface area contributed by atoms with Gasteiger partial charge >= 0.3 is 0 Å². The van der Waals surface area contributed by atoms with Gasteiger partial charge in [-0.15, -0.1) is 0 Å². The molecule has 8 aromatic carbocycles. The lowest BCUT2D eigenvalue weighted by atomic mass is 9.65. The third kappa shape index (κ3) is 4.07. The second kappa shape index (κ2) is 10.8. The van der Waals surface area contributed by atoms with Crippen molar-refractivity contribution < 1.29 is 4.74 Å². The zero-order valence-corrected chi connectivity index (χ0v) is 26.8. The molecule has 1 aliphatic carbocycles. The van der Waals surface area contributed by atoms with Crippen LogP contribution < -0.4 is 9.64 Å². The molecule has 1 unspecified atom stereocenters. The van der Waals surface area contributed by atoms with E-state index in [0.29, 0.717) is 0 Å². The summed E-state index contributed by atoms with van der Waals surface area (Å²) < 4.78 is 6.76. The highest BCUT2D eigenvalue weighted by atomic mass is 16.5. The molecule has 0 fully saturated rings. The van der Waals surface area contributed by atoms with Gasteiger partial charge in [0.2, 0.25) is 0 Å². The standard InChI is InChI=1S/C47H31NO/c1-3-14-32(15-4-1)34-17-13-20-36(30-34)48(35-18-5-2-6-19-35)37-27-28-40-39-22-9-10-23-41(39)47(43(40)31-37)42-24-11-12-25-44(42)49-45-29-26-33-16-7-8-21-38(33)46(45)47/h1-31H. The normalized spacial score (nSPS) is 15.2. The van der Waals surface area contributed by atoms with E-state index < -0.39 is 5.41 Å². The van der Waals surface area contributed by atoms with Crippen LogP contribution in [0, 0.1) is 0 Å². The average Bonchev–Trinajstić information content (AvgIpc) is 3.45. The fraction of sp³-hybridized carbons (Fsp3) is 0.0213. The van der Waals surface area contributed by atoms with E-state index in [1.165, 1.54) is 55.3 Å². The van der Waals surface area contributed by atoms with Gasteiger partial charge in [0, 0.05) is 28.2 Å². The predicted molar refractivity (Wildman–Crippen MR) is 201 cm³/mol. The minimum absolute atomic E-state index is 0.582. The summed E-state index contributed by atoms with van der Waals surface area (Å²) in [6.07, 6.45) is 0. The summed E-state index contributed by atoms with van der Waals surface area (Å²) in [5.41, 5.74) is 12.5. The largest absolute Gasteiger partial charge is 0.457 e. The molecule has 0 aromatic heterocycles. The molecule has 1 spiro atoms. The molecule has 0 N–H and O–H groups in total. The summed E-state index contributed by atoms with van der Waals surface area (Å²) in [5, 5.41) is 2.41. The van der Waals surface area contributed by atoms with Crippen LogP contribution in [0.2, 0.25) is 0 Å². The highest BCUT2D eigenvalue weighted by molar-refractivity contribution is 5.98. The zero-order chi connectivity index (χ0) is 32.4. The lowest BCUT2D eigenvalue weighted by molar-refractivity contribution is 0.438. The van der Waals surface area contributed by atoms with Crippen molar-refractivity contribution in [2.75, 3.05) is 4.90 Å². The van der Waals surface area contributed by atoms with E-state index >= 15 is 0 Å². The Kier molecular flexibility index (Phi) is 6.13. The number of fused-ring (bicyclic) bond motifs is 11. The van der Waals surface area contributed by atoms with Crippen LogP contribution >= 0.6 is 0 Å². The number of ether oxygens (including phenoxy) is 1. The van der Waals surface area contributed by atoms with Crippen molar-refractivity contribution in [3.8, 4) is 33.8 Å². The van der Waals surface area contributed by atoms with E-state index in [9.17, 15) is 0 Å². The van der Waals surface area contributed by atoms with Crippen molar-refractivity contribution in [2.24, 2.45) is 0 Å². The summed E-state index contributed by atoms with van der Waals surface area (Å²) in [6.45, 7) is 0. The van der Waals surface area contributed by atoms with Gasteiger partial charge in [-0.1, -0.05) is 140 Å². The van der Waals surface area contributed by atoms with Crippen molar-refractivity contribution in [3.05, 3.63) is 210 Å². The van der Waals surface area contributed by atoms with Gasteiger partial charge in [0.15, 0.2) is 0 Å². The molecule has 0 radical (unpaired) electrons. The average molecular weight is 626 g/mol. The third-order valence-corrected chi connectivity index (χ3v) is 10.3.